The number of hydrogen-bond donors (Lipinski definition) is 1. The number of likely N-dealkylation sites (tertiary alicyclic amines) is 1. The zero-order chi connectivity index (χ0) is 18.5. The molecule has 0 radical (unpaired) electrons. The summed E-state index contributed by atoms with van der Waals surface area (Å²) in [6.07, 6.45) is 0.969. The zero-order valence-electron chi connectivity index (χ0n) is 14.9. The average Bonchev–Trinajstić information content (AvgIpc) is 2.67. The van der Waals surface area contributed by atoms with E-state index >= 15 is 0 Å². The smallest absolute Gasteiger partial charge is 0.410 e. The average molecular weight is 352 g/mol. The van der Waals surface area contributed by atoms with Crippen LogP contribution in [0, 0.1) is 5.92 Å². The maximum atomic E-state index is 12.9. The maximum absolute atomic E-state index is 12.9. The Morgan fingerprint density at radius 2 is 1.65 bits per heavy atom. The van der Waals surface area contributed by atoms with Crippen LogP contribution < -0.4 is 5.73 Å². The van der Waals surface area contributed by atoms with Crippen LogP contribution in [-0.4, -0.2) is 22.9 Å². The van der Waals surface area contributed by atoms with E-state index in [-0.39, 0.29) is 18.6 Å². The Kier molecular flexibility index (Phi) is 5.56. The fourth-order valence-corrected chi connectivity index (χ4v) is 3.61. The molecular weight excluding hydrogens is 328 g/mol. The predicted molar refractivity (Wildman–Crippen MR) is 99.0 cm³/mol. The van der Waals surface area contributed by atoms with Gasteiger partial charge in [0.25, 0.3) is 0 Å². The van der Waals surface area contributed by atoms with Crippen molar-refractivity contribution in [2.45, 2.75) is 38.5 Å². The molecule has 3 atom stereocenters. The number of benzene rings is 2. The first-order valence-electron chi connectivity index (χ1n) is 8.91. The Hall–Kier alpha value is -2.82. The molecule has 2 amide bonds. The van der Waals surface area contributed by atoms with Crippen molar-refractivity contribution in [2.24, 2.45) is 11.7 Å². The fourth-order valence-electron chi connectivity index (χ4n) is 3.61. The molecule has 0 saturated carbocycles. The maximum Gasteiger partial charge on any atom is 0.410 e. The Balaban J connectivity index is 1.85. The number of amides is 2. The first-order chi connectivity index (χ1) is 12.6. The van der Waals surface area contributed by atoms with Crippen LogP contribution in [0.2, 0.25) is 0 Å². The number of carbonyl (C=O) groups is 2. The molecule has 2 aromatic rings. The minimum Gasteiger partial charge on any atom is -0.445 e. The van der Waals surface area contributed by atoms with E-state index < -0.39 is 18.1 Å². The molecule has 1 aliphatic heterocycles. The van der Waals surface area contributed by atoms with Gasteiger partial charge in [0.15, 0.2) is 0 Å². The molecule has 0 bridgehead atoms. The van der Waals surface area contributed by atoms with Gasteiger partial charge in [0, 0.05) is 6.04 Å². The molecule has 1 fully saturated rings. The Labute approximate surface area is 153 Å². The summed E-state index contributed by atoms with van der Waals surface area (Å²) in [6, 6.07) is 18.7. The number of piperidine rings is 1. The van der Waals surface area contributed by atoms with Crippen LogP contribution >= 0.6 is 0 Å². The minimum absolute atomic E-state index is 0.0286. The van der Waals surface area contributed by atoms with Crippen LogP contribution in [0.15, 0.2) is 60.7 Å². The molecule has 0 unspecified atom stereocenters. The van der Waals surface area contributed by atoms with Gasteiger partial charge < -0.3 is 10.5 Å². The molecule has 3 rings (SSSR count). The lowest BCUT2D eigenvalue weighted by Gasteiger charge is -2.43. The molecule has 1 saturated heterocycles. The van der Waals surface area contributed by atoms with Gasteiger partial charge in [-0.25, -0.2) is 4.79 Å². The van der Waals surface area contributed by atoms with Crippen LogP contribution in [-0.2, 0) is 16.1 Å². The first kappa shape index (κ1) is 18.0. The molecule has 1 aliphatic rings. The van der Waals surface area contributed by atoms with Crippen molar-refractivity contribution in [1.82, 2.24) is 4.90 Å². The summed E-state index contributed by atoms with van der Waals surface area (Å²) >= 11 is 0. The van der Waals surface area contributed by atoms with Crippen LogP contribution in [0.5, 0.6) is 0 Å². The van der Waals surface area contributed by atoms with Gasteiger partial charge in [-0.1, -0.05) is 60.7 Å². The lowest BCUT2D eigenvalue weighted by atomic mass is 9.82. The topological polar surface area (TPSA) is 72.6 Å². The van der Waals surface area contributed by atoms with E-state index in [2.05, 4.69) is 0 Å². The number of hydrogen-bond acceptors (Lipinski definition) is 3. The number of carbonyl (C=O) groups excluding carboxylic acids is 2. The molecule has 2 N–H and O–H groups in total. The second kappa shape index (κ2) is 8.04. The molecule has 5 heteroatoms. The van der Waals surface area contributed by atoms with Crippen molar-refractivity contribution in [1.29, 1.82) is 0 Å². The molecule has 2 aromatic carbocycles. The van der Waals surface area contributed by atoms with Crippen molar-refractivity contribution in [3.8, 4) is 0 Å². The first-order valence-corrected chi connectivity index (χ1v) is 8.91. The number of primary amides is 1. The van der Waals surface area contributed by atoms with Gasteiger partial charge in [-0.05, 0) is 30.9 Å². The molecule has 0 aromatic heterocycles. The number of ether oxygens (including phenoxy) is 1. The largest absolute Gasteiger partial charge is 0.445 e. The summed E-state index contributed by atoms with van der Waals surface area (Å²) in [5, 5.41) is 0. The summed E-state index contributed by atoms with van der Waals surface area (Å²) in [6.45, 7) is 2.18. The summed E-state index contributed by atoms with van der Waals surface area (Å²) in [5.41, 5.74) is 7.48. The second-order valence-corrected chi connectivity index (χ2v) is 6.74. The molecule has 1 heterocycles. The Morgan fingerprint density at radius 3 is 2.27 bits per heavy atom. The summed E-state index contributed by atoms with van der Waals surface area (Å²) in [5.74, 6) is -0.801. The molecular formula is C21H24N2O3. The highest BCUT2D eigenvalue weighted by molar-refractivity contribution is 5.79. The van der Waals surface area contributed by atoms with Gasteiger partial charge in [0.2, 0.25) is 5.91 Å². The van der Waals surface area contributed by atoms with E-state index in [4.69, 9.17) is 10.5 Å². The molecule has 5 nitrogen and oxygen atoms in total. The standard InChI is InChI=1S/C21H24N2O3/c1-15-12-13-18(20(22)24)19(17-10-6-3-7-11-17)23(15)21(25)26-14-16-8-4-2-5-9-16/h2-11,15,18-19H,12-14H2,1H3,(H2,22,24)/t15-,18-,19+/m1/s1. The lowest BCUT2D eigenvalue weighted by Crippen LogP contribution is -2.50. The van der Waals surface area contributed by atoms with Crippen LogP contribution in [0.1, 0.15) is 36.9 Å². The summed E-state index contributed by atoms with van der Waals surface area (Å²) < 4.78 is 5.55. The zero-order valence-corrected chi connectivity index (χ0v) is 14.9. The third kappa shape index (κ3) is 3.87. The van der Waals surface area contributed by atoms with E-state index in [1.807, 2.05) is 67.6 Å². The van der Waals surface area contributed by atoms with Crippen molar-refractivity contribution < 1.29 is 14.3 Å². The SMILES string of the molecule is C[C@@H]1CC[C@@H](C(N)=O)[C@H](c2ccccc2)N1C(=O)OCc1ccccc1. The van der Waals surface area contributed by atoms with Crippen LogP contribution in [0.25, 0.3) is 0 Å². The Bertz CT molecular complexity index is 748. The third-order valence-corrected chi connectivity index (χ3v) is 4.97. The van der Waals surface area contributed by atoms with Crippen LogP contribution in [0.3, 0.4) is 0 Å². The quantitative estimate of drug-likeness (QED) is 0.913. The molecule has 0 aliphatic carbocycles. The highest BCUT2D eigenvalue weighted by Crippen LogP contribution is 2.39. The van der Waals surface area contributed by atoms with E-state index in [9.17, 15) is 9.59 Å². The minimum atomic E-state index is -0.419. The lowest BCUT2D eigenvalue weighted by molar-refractivity contribution is -0.126. The highest BCUT2D eigenvalue weighted by atomic mass is 16.6. The summed E-state index contributed by atoms with van der Waals surface area (Å²) in [4.78, 5) is 26.6. The van der Waals surface area contributed by atoms with Crippen molar-refractivity contribution in [3.63, 3.8) is 0 Å². The van der Waals surface area contributed by atoms with Crippen LogP contribution in [0.4, 0.5) is 4.79 Å². The van der Waals surface area contributed by atoms with Crippen molar-refractivity contribution in [3.05, 3.63) is 71.8 Å². The van der Waals surface area contributed by atoms with Crippen molar-refractivity contribution >= 4 is 12.0 Å². The van der Waals surface area contributed by atoms with Gasteiger partial charge in [0.1, 0.15) is 6.61 Å². The van der Waals surface area contributed by atoms with E-state index in [1.165, 1.54) is 0 Å². The summed E-state index contributed by atoms with van der Waals surface area (Å²) in [7, 11) is 0. The van der Waals surface area contributed by atoms with Gasteiger partial charge >= 0.3 is 6.09 Å². The van der Waals surface area contributed by atoms with Gasteiger partial charge in [-0.3, -0.25) is 9.69 Å². The Morgan fingerprint density at radius 1 is 1.04 bits per heavy atom. The number of rotatable bonds is 4. The molecule has 26 heavy (non-hydrogen) atoms. The fraction of sp³-hybridized carbons (Fsp3) is 0.333. The van der Waals surface area contributed by atoms with Crippen molar-refractivity contribution in [2.75, 3.05) is 0 Å². The normalized spacial score (nSPS) is 22.7. The molecule has 136 valence electrons. The van der Waals surface area contributed by atoms with E-state index in [1.54, 1.807) is 4.90 Å². The van der Waals surface area contributed by atoms with Gasteiger partial charge in [-0.15, -0.1) is 0 Å². The third-order valence-electron chi connectivity index (χ3n) is 4.97. The molecule has 0 spiro atoms. The number of nitrogens with zero attached hydrogens (tertiary/aromatic N) is 1. The van der Waals surface area contributed by atoms with E-state index in [0.717, 1.165) is 17.5 Å². The monoisotopic (exact) mass is 352 g/mol. The van der Waals surface area contributed by atoms with Gasteiger partial charge in [-0.2, -0.15) is 0 Å². The van der Waals surface area contributed by atoms with E-state index in [0.29, 0.717) is 6.42 Å². The highest BCUT2D eigenvalue weighted by Gasteiger charge is 2.42. The predicted octanol–water partition coefficient (Wildman–Crippen LogP) is 3.65. The van der Waals surface area contributed by atoms with Gasteiger partial charge in [0.05, 0.1) is 12.0 Å². The second-order valence-electron chi connectivity index (χ2n) is 6.74. The number of nitrogens with two attached hydrogens (primary N) is 1.